The summed E-state index contributed by atoms with van der Waals surface area (Å²) in [5.74, 6) is -0.932. The summed E-state index contributed by atoms with van der Waals surface area (Å²) in [5, 5.41) is 0. The number of ether oxygens (including phenoxy) is 1. The van der Waals surface area contributed by atoms with E-state index in [9.17, 15) is 21.6 Å². The number of fused-ring (bicyclic) bond motifs is 1. The van der Waals surface area contributed by atoms with Crippen molar-refractivity contribution in [2.75, 3.05) is 0 Å². The molecule has 4 rings (SSSR count). The molecule has 0 spiro atoms. The Bertz CT molecular complexity index is 1320. The summed E-state index contributed by atoms with van der Waals surface area (Å²) < 4.78 is 76.2. The van der Waals surface area contributed by atoms with E-state index < -0.39 is 32.4 Å². The Morgan fingerprint density at radius 1 is 0.697 bits per heavy atom. The molecule has 1 heterocycles. The van der Waals surface area contributed by atoms with Gasteiger partial charge in [-0.1, -0.05) is 42.5 Å². The van der Waals surface area contributed by atoms with Crippen LogP contribution in [0.1, 0.15) is 27.0 Å². The van der Waals surface area contributed by atoms with Crippen molar-refractivity contribution in [2.24, 2.45) is 0 Å². The van der Waals surface area contributed by atoms with Gasteiger partial charge < -0.3 is 13.1 Å². The van der Waals surface area contributed by atoms with Crippen LogP contribution >= 0.6 is 0 Å². The van der Waals surface area contributed by atoms with Crippen LogP contribution in [0, 0.1) is 0 Å². The van der Waals surface area contributed by atoms with Crippen molar-refractivity contribution >= 4 is 78.2 Å². The number of carbonyl (C=O) groups excluding carboxylic acids is 1. The number of rotatable bonds is 6. The molecule has 0 fully saturated rings. The first-order valence-corrected chi connectivity index (χ1v) is 11.6. The zero-order chi connectivity index (χ0) is 23.1. The quantitative estimate of drug-likeness (QED) is 0.282. The fourth-order valence-electron chi connectivity index (χ4n) is 3.55. The second-order valence-electron chi connectivity index (χ2n) is 6.69. The summed E-state index contributed by atoms with van der Waals surface area (Å²) in [6.45, 7) is 0. The van der Waals surface area contributed by atoms with E-state index in [1.165, 1.54) is 48.5 Å². The topological polar surface area (TPSA) is 154 Å². The molecule has 3 aromatic carbocycles. The van der Waals surface area contributed by atoms with Crippen LogP contribution in [-0.2, 0) is 31.1 Å². The van der Waals surface area contributed by atoms with E-state index in [0.717, 1.165) is 0 Å². The Kier molecular flexibility index (Phi) is 7.38. The Hall–Kier alpha value is -1.81. The van der Waals surface area contributed by atoms with E-state index in [0.29, 0.717) is 22.3 Å². The van der Waals surface area contributed by atoms with Crippen LogP contribution in [0.5, 0.6) is 11.5 Å². The van der Waals surface area contributed by atoms with Gasteiger partial charge in [0.15, 0.2) is 5.60 Å². The van der Waals surface area contributed by atoms with Crippen molar-refractivity contribution in [3.63, 3.8) is 0 Å². The van der Waals surface area contributed by atoms with Gasteiger partial charge in [0.25, 0.3) is 0 Å². The minimum atomic E-state index is -4.72. The van der Waals surface area contributed by atoms with E-state index in [2.05, 4.69) is 8.37 Å². The summed E-state index contributed by atoms with van der Waals surface area (Å²) in [5.41, 5.74) is 0.186. The summed E-state index contributed by atoms with van der Waals surface area (Å²) in [4.78, 5) is 12.6. The van der Waals surface area contributed by atoms with Crippen LogP contribution in [0.15, 0.2) is 72.8 Å². The van der Waals surface area contributed by atoms with Gasteiger partial charge in [0, 0.05) is 68.1 Å². The van der Waals surface area contributed by atoms with Gasteiger partial charge in [-0.2, -0.15) is 16.8 Å². The minimum Gasteiger partial charge on any atom is -0.441 e. The third-order valence-electron chi connectivity index (χ3n) is 4.70. The average Bonchev–Trinajstić information content (AvgIpc) is 3.01. The molecule has 0 bridgehead atoms. The van der Waals surface area contributed by atoms with Crippen LogP contribution < -0.4 is 8.37 Å². The fraction of sp³-hybridized carbons (Fsp3) is 0.0500. The summed E-state index contributed by atoms with van der Waals surface area (Å²) >= 11 is 0. The largest absolute Gasteiger partial charge is 0.446 e. The van der Waals surface area contributed by atoms with Crippen molar-refractivity contribution < 1.29 is 43.8 Å². The molecule has 0 aromatic heterocycles. The summed E-state index contributed by atoms with van der Waals surface area (Å²) in [6.07, 6.45) is 0. The number of hydrogen-bond donors (Lipinski definition) is 2. The van der Waals surface area contributed by atoms with Gasteiger partial charge in [-0.25, -0.2) is 4.79 Å². The van der Waals surface area contributed by atoms with Gasteiger partial charge in [0.05, 0.1) is 5.56 Å². The van der Waals surface area contributed by atoms with Crippen molar-refractivity contribution in [1.29, 1.82) is 0 Å². The van der Waals surface area contributed by atoms with Gasteiger partial charge in [0.2, 0.25) is 0 Å². The van der Waals surface area contributed by atoms with E-state index in [1.807, 2.05) is 0 Å². The minimum absolute atomic E-state index is 0. The molecule has 2 N–H and O–H groups in total. The maximum Gasteiger partial charge on any atom is 0.446 e. The molecule has 3 aromatic rings. The fourth-order valence-corrected chi connectivity index (χ4v) is 4.25. The number of cyclic esters (lactones) is 1. The van der Waals surface area contributed by atoms with Gasteiger partial charge >= 0.3 is 26.8 Å². The Morgan fingerprint density at radius 2 is 1.12 bits per heavy atom. The van der Waals surface area contributed by atoms with Gasteiger partial charge in [-0.15, -0.1) is 0 Å². The van der Waals surface area contributed by atoms with E-state index >= 15 is 0 Å². The molecule has 1 radical (unpaired) electrons. The van der Waals surface area contributed by atoms with E-state index in [4.69, 9.17) is 13.8 Å². The maximum atomic E-state index is 12.6. The normalized spacial score (nSPS) is 14.5. The van der Waals surface area contributed by atoms with Crippen LogP contribution in [-0.4, -0.2) is 83.3 Å². The first kappa shape index (κ1) is 25.8. The zero-order valence-corrected chi connectivity index (χ0v) is 21.7. The summed E-state index contributed by atoms with van der Waals surface area (Å²) in [6, 6.07) is 17.6. The van der Waals surface area contributed by atoms with Crippen molar-refractivity contribution in [3.8, 4) is 11.5 Å². The molecule has 0 atom stereocenters. The number of benzene rings is 3. The smallest absolute Gasteiger partial charge is 0.441 e. The SMILES string of the molecule is O=C1OC(c2ccc(OS(=O)(=O)O)cc2)(c2ccc(OS(=O)(=O)O)cc2)c2ccccc21.[K]. The predicted octanol–water partition coefficient (Wildman–Crippen LogP) is 2.13. The first-order valence-electron chi connectivity index (χ1n) is 8.86. The third-order valence-corrected chi connectivity index (χ3v) is 5.50. The second kappa shape index (κ2) is 9.44. The van der Waals surface area contributed by atoms with Gasteiger partial charge in [-0.05, 0) is 30.3 Å². The van der Waals surface area contributed by atoms with Gasteiger partial charge in [0.1, 0.15) is 11.5 Å². The molecule has 1 aliphatic rings. The van der Waals surface area contributed by atoms with Crippen LogP contribution in [0.4, 0.5) is 0 Å². The molecular weight excluding hydrogens is 503 g/mol. The van der Waals surface area contributed by atoms with Crippen molar-refractivity contribution in [2.45, 2.75) is 5.60 Å². The third kappa shape index (κ3) is 5.47. The molecule has 13 heteroatoms. The number of hydrogen-bond acceptors (Lipinski definition) is 8. The molecule has 0 saturated heterocycles. The summed E-state index contributed by atoms with van der Waals surface area (Å²) in [7, 11) is -9.44. The Labute approximate surface area is 231 Å². The molecule has 10 nitrogen and oxygen atoms in total. The molecule has 0 saturated carbocycles. The molecule has 0 amide bonds. The Balaban J connectivity index is 0.00000306. The molecule has 167 valence electrons. The van der Waals surface area contributed by atoms with Gasteiger partial charge in [-0.3, -0.25) is 9.11 Å². The molecular formula is C20H14KO10S2. The maximum absolute atomic E-state index is 12.6. The van der Waals surface area contributed by atoms with Crippen LogP contribution in [0.25, 0.3) is 0 Å². The predicted molar refractivity (Wildman–Crippen MR) is 115 cm³/mol. The zero-order valence-electron chi connectivity index (χ0n) is 16.9. The van der Waals surface area contributed by atoms with Crippen LogP contribution in [0.3, 0.4) is 0 Å². The Morgan fingerprint density at radius 3 is 1.55 bits per heavy atom. The van der Waals surface area contributed by atoms with E-state index in [1.54, 1.807) is 24.3 Å². The second-order valence-corrected chi connectivity index (χ2v) is 8.73. The molecule has 0 aliphatic carbocycles. The van der Waals surface area contributed by atoms with Crippen molar-refractivity contribution in [3.05, 3.63) is 95.1 Å². The van der Waals surface area contributed by atoms with Crippen molar-refractivity contribution in [1.82, 2.24) is 0 Å². The standard InChI is InChI=1S/C20H14O10S2.K/c21-19-17-3-1-2-4-18(17)20(28-19,13-5-9-15(10-6-13)29-31(22,23)24)14-7-11-16(12-8-14)30-32(25,26)27;/h1-12H,(H,22,23,24)(H,25,26,27);. The average molecular weight is 518 g/mol. The monoisotopic (exact) mass is 517 g/mol. The number of esters is 1. The molecule has 33 heavy (non-hydrogen) atoms. The van der Waals surface area contributed by atoms with Crippen LogP contribution in [0.2, 0.25) is 0 Å². The van der Waals surface area contributed by atoms with E-state index in [-0.39, 0.29) is 62.9 Å². The number of carbonyl (C=O) groups is 1. The molecule has 0 unspecified atom stereocenters. The molecule has 1 aliphatic heterocycles. The first-order chi connectivity index (χ1) is 15.0.